The van der Waals surface area contributed by atoms with Crippen LogP contribution < -0.4 is 0 Å². The van der Waals surface area contributed by atoms with Gasteiger partial charge in [0.1, 0.15) is 0 Å². The lowest BCUT2D eigenvalue weighted by atomic mass is 10.0. The minimum Gasteiger partial charge on any atom is -0.179 e. The zero-order valence-corrected chi connectivity index (χ0v) is 6.41. The van der Waals surface area contributed by atoms with E-state index in [1.54, 1.807) is 6.20 Å². The second kappa shape index (κ2) is 2.78. The summed E-state index contributed by atoms with van der Waals surface area (Å²) in [6.07, 6.45) is 8.65. The molecule has 0 saturated heterocycles. The van der Waals surface area contributed by atoms with Gasteiger partial charge in [0.15, 0.2) is 0 Å². The number of allylic oxidation sites excluding steroid dienone is 2. The van der Waals surface area contributed by atoms with Crippen LogP contribution in [0.2, 0.25) is 0 Å². The van der Waals surface area contributed by atoms with Gasteiger partial charge in [-0.05, 0) is 19.4 Å². The topological polar surface area (TPSA) is 24.7 Å². The summed E-state index contributed by atoms with van der Waals surface area (Å²) >= 11 is 0. The Morgan fingerprint density at radius 3 is 2.90 bits per heavy atom. The monoisotopic (exact) mass is 136 g/mol. The molecule has 0 saturated carbocycles. The molecule has 54 valence electrons. The summed E-state index contributed by atoms with van der Waals surface area (Å²) < 4.78 is 0. The van der Waals surface area contributed by atoms with Crippen molar-refractivity contribution < 1.29 is 0 Å². The van der Waals surface area contributed by atoms with Crippen LogP contribution in [0.4, 0.5) is 0 Å². The molecule has 1 atom stereocenters. The zero-order valence-electron chi connectivity index (χ0n) is 6.41. The molecule has 0 fully saturated rings. The molecule has 0 aromatic rings. The fourth-order valence-corrected chi connectivity index (χ4v) is 0.738. The lowest BCUT2D eigenvalue weighted by Gasteiger charge is -2.14. The van der Waals surface area contributed by atoms with Crippen molar-refractivity contribution in [3.05, 3.63) is 24.4 Å². The Morgan fingerprint density at radius 2 is 2.20 bits per heavy atom. The highest BCUT2D eigenvalue weighted by atomic mass is 15.1. The summed E-state index contributed by atoms with van der Waals surface area (Å²) in [5.41, 5.74) is -0.0799. The van der Waals surface area contributed by atoms with Gasteiger partial charge >= 0.3 is 0 Å². The highest BCUT2D eigenvalue weighted by Crippen LogP contribution is 2.18. The molecule has 10 heavy (non-hydrogen) atoms. The molecule has 1 aliphatic heterocycles. The summed E-state index contributed by atoms with van der Waals surface area (Å²) in [6, 6.07) is 0. The van der Waals surface area contributed by atoms with Crippen molar-refractivity contribution in [1.29, 1.82) is 0 Å². The molecule has 2 heteroatoms. The van der Waals surface area contributed by atoms with Crippen LogP contribution in [0, 0.1) is 0 Å². The van der Waals surface area contributed by atoms with Gasteiger partial charge in [-0.3, -0.25) is 0 Å². The molecule has 0 radical (unpaired) electrons. The first kappa shape index (κ1) is 7.19. The fraction of sp³-hybridized carbons (Fsp3) is 0.500. The minimum absolute atomic E-state index is 0.0799. The van der Waals surface area contributed by atoms with E-state index >= 15 is 0 Å². The Labute approximate surface area is 61.4 Å². The number of hydrogen-bond acceptors (Lipinski definition) is 2. The maximum atomic E-state index is 4.12. The summed E-state index contributed by atoms with van der Waals surface area (Å²) in [5, 5.41) is 8.00. The van der Waals surface area contributed by atoms with Crippen LogP contribution in [0.5, 0.6) is 0 Å². The van der Waals surface area contributed by atoms with Crippen LogP contribution >= 0.6 is 0 Å². The van der Waals surface area contributed by atoms with Gasteiger partial charge in [-0.25, -0.2) is 0 Å². The van der Waals surface area contributed by atoms with Crippen molar-refractivity contribution in [1.82, 2.24) is 0 Å². The first-order valence-corrected chi connectivity index (χ1v) is 3.53. The van der Waals surface area contributed by atoms with Crippen LogP contribution in [0.3, 0.4) is 0 Å². The van der Waals surface area contributed by atoms with E-state index in [9.17, 15) is 0 Å². The van der Waals surface area contributed by atoms with Crippen molar-refractivity contribution in [2.45, 2.75) is 25.8 Å². The Balaban J connectivity index is 2.80. The van der Waals surface area contributed by atoms with E-state index < -0.39 is 0 Å². The number of nitrogens with zero attached hydrogens (tertiary/aromatic N) is 2. The Kier molecular flexibility index (Phi) is 2.00. The first-order valence-electron chi connectivity index (χ1n) is 3.53. The van der Waals surface area contributed by atoms with Crippen LogP contribution in [0.25, 0.3) is 0 Å². The predicted octanol–water partition coefficient (Wildman–Crippen LogP) is 2.69. The molecule has 1 rings (SSSR count). The van der Waals surface area contributed by atoms with Crippen molar-refractivity contribution in [2.24, 2.45) is 10.2 Å². The lowest BCUT2D eigenvalue weighted by molar-refractivity contribution is 0.541. The van der Waals surface area contributed by atoms with E-state index in [0.717, 1.165) is 6.42 Å². The molecular formula is C8H12N2. The number of hydrogen-bond donors (Lipinski definition) is 0. The van der Waals surface area contributed by atoms with Crippen molar-refractivity contribution >= 4 is 0 Å². The molecule has 0 aliphatic carbocycles. The molecule has 2 nitrogen and oxygen atoms in total. The van der Waals surface area contributed by atoms with Gasteiger partial charge in [0.05, 0.1) is 5.54 Å². The van der Waals surface area contributed by atoms with Gasteiger partial charge in [0.2, 0.25) is 0 Å². The average Bonchev–Trinajstić information content (AvgIpc) is 2.15. The molecule has 0 spiro atoms. The second-order valence-corrected chi connectivity index (χ2v) is 2.63. The normalized spacial score (nSPS) is 30.6. The summed E-state index contributed by atoms with van der Waals surface area (Å²) in [5.74, 6) is 0. The van der Waals surface area contributed by atoms with Gasteiger partial charge in [-0.15, -0.1) is 0 Å². The molecule has 0 N–H and O–H groups in total. The zero-order chi connectivity index (χ0) is 7.45. The molecule has 1 heterocycles. The highest BCUT2D eigenvalue weighted by Gasteiger charge is 2.16. The van der Waals surface area contributed by atoms with E-state index in [4.69, 9.17) is 0 Å². The van der Waals surface area contributed by atoms with Crippen LogP contribution in [-0.2, 0) is 0 Å². The molecule has 0 aromatic carbocycles. The van der Waals surface area contributed by atoms with Gasteiger partial charge in [0, 0.05) is 6.20 Å². The van der Waals surface area contributed by atoms with Gasteiger partial charge in [0.25, 0.3) is 0 Å². The van der Waals surface area contributed by atoms with Crippen molar-refractivity contribution in [3.8, 4) is 0 Å². The third-order valence-electron chi connectivity index (χ3n) is 1.72. The first-order chi connectivity index (χ1) is 4.77. The van der Waals surface area contributed by atoms with Crippen LogP contribution in [0.15, 0.2) is 34.7 Å². The Bertz CT molecular complexity index is 173. The summed E-state index contributed by atoms with van der Waals surface area (Å²) in [7, 11) is 0. The van der Waals surface area contributed by atoms with E-state index in [1.807, 2.05) is 12.2 Å². The van der Waals surface area contributed by atoms with E-state index in [2.05, 4.69) is 30.2 Å². The Hall–Kier alpha value is -0.920. The molecule has 0 amide bonds. The SMILES string of the molecule is CCC1(C)C=CC=CN=N1. The third-order valence-corrected chi connectivity index (χ3v) is 1.72. The lowest BCUT2D eigenvalue weighted by Crippen LogP contribution is -2.15. The number of azo groups is 1. The largest absolute Gasteiger partial charge is 0.179 e. The molecular weight excluding hydrogens is 124 g/mol. The highest BCUT2D eigenvalue weighted by molar-refractivity contribution is 5.13. The van der Waals surface area contributed by atoms with Crippen molar-refractivity contribution in [3.63, 3.8) is 0 Å². The second-order valence-electron chi connectivity index (χ2n) is 2.63. The maximum absolute atomic E-state index is 4.12. The van der Waals surface area contributed by atoms with Gasteiger partial charge in [-0.2, -0.15) is 10.2 Å². The molecule has 0 aromatic heterocycles. The molecule has 0 bridgehead atoms. The molecule has 1 unspecified atom stereocenters. The predicted molar refractivity (Wildman–Crippen MR) is 41.8 cm³/mol. The summed E-state index contributed by atoms with van der Waals surface area (Å²) in [6.45, 7) is 4.18. The van der Waals surface area contributed by atoms with Crippen LogP contribution in [0.1, 0.15) is 20.3 Å². The quantitative estimate of drug-likeness (QED) is 0.529. The number of rotatable bonds is 1. The molecule has 1 aliphatic rings. The minimum atomic E-state index is -0.0799. The van der Waals surface area contributed by atoms with Crippen molar-refractivity contribution in [2.75, 3.05) is 0 Å². The summed E-state index contributed by atoms with van der Waals surface area (Å²) in [4.78, 5) is 0. The van der Waals surface area contributed by atoms with E-state index in [1.165, 1.54) is 0 Å². The third kappa shape index (κ3) is 1.53. The Morgan fingerprint density at radius 1 is 1.40 bits per heavy atom. The van der Waals surface area contributed by atoms with Gasteiger partial charge < -0.3 is 0 Å². The van der Waals surface area contributed by atoms with E-state index in [-0.39, 0.29) is 5.54 Å². The fourth-order valence-electron chi connectivity index (χ4n) is 0.738. The maximum Gasteiger partial charge on any atom is 0.0972 e. The standard InChI is InChI=1S/C8H12N2/c1-3-8(2)6-4-5-7-9-10-8/h4-7H,3H2,1-2H3. The van der Waals surface area contributed by atoms with Gasteiger partial charge in [-0.1, -0.05) is 19.1 Å². The smallest absolute Gasteiger partial charge is 0.0972 e. The van der Waals surface area contributed by atoms with E-state index in [0.29, 0.717) is 0 Å². The van der Waals surface area contributed by atoms with Crippen LogP contribution in [-0.4, -0.2) is 5.54 Å². The average molecular weight is 136 g/mol.